The summed E-state index contributed by atoms with van der Waals surface area (Å²) >= 11 is 0. The van der Waals surface area contributed by atoms with E-state index in [0.29, 0.717) is 5.69 Å². The van der Waals surface area contributed by atoms with Gasteiger partial charge in [-0.15, -0.1) is 0 Å². The predicted molar refractivity (Wildman–Crippen MR) is 78.4 cm³/mol. The van der Waals surface area contributed by atoms with Crippen LogP contribution in [-0.4, -0.2) is 35.5 Å². The quantitative estimate of drug-likeness (QED) is 0.794. The van der Waals surface area contributed by atoms with E-state index in [1.165, 1.54) is 6.33 Å². The molecule has 0 bridgehead atoms. The number of hydrogen-bond donors (Lipinski definition) is 2. The van der Waals surface area contributed by atoms with Crippen molar-refractivity contribution in [2.45, 2.75) is 18.9 Å². The van der Waals surface area contributed by atoms with Crippen LogP contribution in [0.1, 0.15) is 12.8 Å². The minimum Gasteiger partial charge on any atom is -0.399 e. The highest BCUT2D eigenvalue weighted by Crippen LogP contribution is 2.30. The summed E-state index contributed by atoms with van der Waals surface area (Å²) < 4.78 is 0. The van der Waals surface area contributed by atoms with Crippen molar-refractivity contribution in [3.05, 3.63) is 24.5 Å². The van der Waals surface area contributed by atoms with Crippen LogP contribution < -0.4 is 16.0 Å². The summed E-state index contributed by atoms with van der Waals surface area (Å²) in [5.74, 6) is 0.812. The van der Waals surface area contributed by atoms with Gasteiger partial charge in [0.2, 0.25) is 5.91 Å². The van der Waals surface area contributed by atoms with Gasteiger partial charge < -0.3 is 16.0 Å². The molecular formula is C14H17N5O. The van der Waals surface area contributed by atoms with Gasteiger partial charge in [-0.3, -0.25) is 4.79 Å². The third-order valence-corrected chi connectivity index (χ3v) is 3.71. The van der Waals surface area contributed by atoms with E-state index in [4.69, 9.17) is 5.73 Å². The van der Waals surface area contributed by atoms with Crippen molar-refractivity contribution < 1.29 is 4.79 Å². The predicted octanol–water partition coefficient (Wildman–Crippen LogP) is 0.927. The average molecular weight is 271 g/mol. The topological polar surface area (TPSA) is 84.1 Å². The Morgan fingerprint density at radius 1 is 1.45 bits per heavy atom. The zero-order valence-electron chi connectivity index (χ0n) is 11.3. The number of nitrogens with one attached hydrogen (secondary N) is 1. The number of rotatable bonds is 2. The molecule has 1 unspecified atom stereocenters. The molecule has 0 spiro atoms. The number of nitrogen functional groups attached to an aromatic ring is 1. The lowest BCUT2D eigenvalue weighted by atomic mass is 10.1. The van der Waals surface area contributed by atoms with Crippen LogP contribution >= 0.6 is 0 Å². The molecule has 0 aliphatic carbocycles. The Kier molecular flexibility index (Phi) is 3.14. The third kappa shape index (κ3) is 2.03. The normalized spacial score (nSPS) is 18.4. The molecular weight excluding hydrogens is 254 g/mol. The fourth-order valence-corrected chi connectivity index (χ4v) is 2.75. The second-order valence-electron chi connectivity index (χ2n) is 4.94. The van der Waals surface area contributed by atoms with E-state index in [1.54, 1.807) is 7.05 Å². The molecule has 3 N–H and O–H groups in total. The van der Waals surface area contributed by atoms with Crippen molar-refractivity contribution in [3.8, 4) is 0 Å². The van der Waals surface area contributed by atoms with Gasteiger partial charge in [0.05, 0.1) is 5.52 Å². The molecule has 20 heavy (non-hydrogen) atoms. The van der Waals surface area contributed by atoms with E-state index in [-0.39, 0.29) is 11.9 Å². The van der Waals surface area contributed by atoms with Gasteiger partial charge in [-0.05, 0) is 31.0 Å². The van der Waals surface area contributed by atoms with Gasteiger partial charge in [-0.2, -0.15) is 0 Å². The number of nitrogens with two attached hydrogens (primary N) is 1. The first kappa shape index (κ1) is 12.7. The van der Waals surface area contributed by atoms with Crippen LogP contribution in [-0.2, 0) is 4.79 Å². The van der Waals surface area contributed by atoms with E-state index in [9.17, 15) is 4.79 Å². The van der Waals surface area contributed by atoms with Crippen LogP contribution in [0.3, 0.4) is 0 Å². The lowest BCUT2D eigenvalue weighted by molar-refractivity contribution is -0.121. The van der Waals surface area contributed by atoms with Crippen LogP contribution in [0, 0.1) is 0 Å². The monoisotopic (exact) mass is 271 g/mol. The number of nitrogens with zero attached hydrogens (tertiary/aromatic N) is 3. The maximum Gasteiger partial charge on any atom is 0.242 e. The molecule has 1 aliphatic rings. The van der Waals surface area contributed by atoms with E-state index in [1.807, 2.05) is 23.1 Å². The van der Waals surface area contributed by atoms with Crippen LogP contribution in [0.15, 0.2) is 24.5 Å². The lowest BCUT2D eigenvalue weighted by Gasteiger charge is -2.25. The van der Waals surface area contributed by atoms with Crippen LogP contribution in [0.5, 0.6) is 0 Å². The molecule has 1 aromatic carbocycles. The highest BCUT2D eigenvalue weighted by atomic mass is 16.2. The molecule has 104 valence electrons. The van der Waals surface area contributed by atoms with Gasteiger partial charge in [-0.1, -0.05) is 0 Å². The van der Waals surface area contributed by atoms with E-state index >= 15 is 0 Å². The van der Waals surface area contributed by atoms with Crippen LogP contribution in [0.25, 0.3) is 10.9 Å². The Balaban J connectivity index is 2.09. The Bertz CT molecular complexity index is 657. The molecule has 0 radical (unpaired) electrons. The number of fused-ring (bicyclic) bond motifs is 1. The molecule has 1 fully saturated rings. The number of aromatic nitrogens is 2. The fourth-order valence-electron chi connectivity index (χ4n) is 2.75. The molecule has 0 saturated carbocycles. The molecule has 6 nitrogen and oxygen atoms in total. The molecule has 2 aromatic rings. The summed E-state index contributed by atoms with van der Waals surface area (Å²) in [5.41, 5.74) is 7.37. The van der Waals surface area contributed by atoms with Crippen molar-refractivity contribution in [2.75, 3.05) is 24.2 Å². The zero-order valence-corrected chi connectivity index (χ0v) is 11.3. The van der Waals surface area contributed by atoms with E-state index in [2.05, 4.69) is 15.3 Å². The van der Waals surface area contributed by atoms with Crippen molar-refractivity contribution in [3.63, 3.8) is 0 Å². The number of hydrogen-bond acceptors (Lipinski definition) is 5. The van der Waals surface area contributed by atoms with Gasteiger partial charge in [-0.25, -0.2) is 9.97 Å². The zero-order chi connectivity index (χ0) is 14.1. The summed E-state index contributed by atoms with van der Waals surface area (Å²) in [7, 11) is 1.66. The summed E-state index contributed by atoms with van der Waals surface area (Å²) in [6.45, 7) is 0.818. The molecule has 6 heteroatoms. The molecule has 3 rings (SSSR count). The second kappa shape index (κ2) is 4.96. The molecule has 1 aliphatic heterocycles. The molecule has 1 aromatic heterocycles. The highest BCUT2D eigenvalue weighted by molar-refractivity contribution is 5.94. The lowest BCUT2D eigenvalue weighted by Crippen LogP contribution is -2.42. The molecule has 1 saturated heterocycles. The van der Waals surface area contributed by atoms with Gasteiger partial charge in [0.1, 0.15) is 18.2 Å². The van der Waals surface area contributed by atoms with Crippen LogP contribution in [0.4, 0.5) is 11.5 Å². The van der Waals surface area contributed by atoms with E-state index in [0.717, 1.165) is 36.1 Å². The first-order chi connectivity index (χ1) is 9.70. The third-order valence-electron chi connectivity index (χ3n) is 3.71. The van der Waals surface area contributed by atoms with E-state index < -0.39 is 0 Å². The van der Waals surface area contributed by atoms with Gasteiger partial charge in [0.25, 0.3) is 0 Å². The average Bonchev–Trinajstić information content (AvgIpc) is 2.95. The highest BCUT2D eigenvalue weighted by Gasteiger charge is 2.31. The Morgan fingerprint density at radius 2 is 2.30 bits per heavy atom. The van der Waals surface area contributed by atoms with Gasteiger partial charge in [0.15, 0.2) is 0 Å². The number of likely N-dealkylation sites (N-methyl/N-ethyl adjacent to an activating group) is 1. The van der Waals surface area contributed by atoms with Crippen molar-refractivity contribution in [1.29, 1.82) is 0 Å². The van der Waals surface area contributed by atoms with Gasteiger partial charge >= 0.3 is 0 Å². The Hall–Kier alpha value is -2.37. The number of benzene rings is 1. The van der Waals surface area contributed by atoms with Gasteiger partial charge in [0, 0.05) is 24.7 Å². The first-order valence-electron chi connectivity index (χ1n) is 6.69. The summed E-state index contributed by atoms with van der Waals surface area (Å²) in [6.07, 6.45) is 3.35. The number of carbonyl (C=O) groups excluding carboxylic acids is 1. The minimum absolute atomic E-state index is 0.0261. The maximum absolute atomic E-state index is 12.0. The summed E-state index contributed by atoms with van der Waals surface area (Å²) in [5, 5.41) is 3.61. The summed E-state index contributed by atoms with van der Waals surface area (Å²) in [4.78, 5) is 22.7. The van der Waals surface area contributed by atoms with Crippen molar-refractivity contribution in [2.24, 2.45) is 0 Å². The summed E-state index contributed by atoms with van der Waals surface area (Å²) in [6, 6.07) is 5.39. The number of amides is 1. The van der Waals surface area contributed by atoms with Crippen molar-refractivity contribution in [1.82, 2.24) is 15.3 Å². The first-order valence-corrected chi connectivity index (χ1v) is 6.69. The maximum atomic E-state index is 12.0. The molecule has 1 atom stereocenters. The van der Waals surface area contributed by atoms with Crippen LogP contribution in [0.2, 0.25) is 0 Å². The fraction of sp³-hybridized carbons (Fsp3) is 0.357. The standard InChI is InChI=1S/C14H17N5O/c1-16-14(20)12-3-2-6-19(12)13-10-7-9(15)4-5-11(10)17-8-18-13/h4-5,7-8,12H,2-3,6,15H2,1H3,(H,16,20). The van der Waals surface area contributed by atoms with Crippen molar-refractivity contribution >= 4 is 28.3 Å². The second-order valence-corrected chi connectivity index (χ2v) is 4.94. The number of carbonyl (C=O) groups is 1. The minimum atomic E-state index is -0.167. The molecule has 1 amide bonds. The Labute approximate surface area is 117 Å². The number of anilines is 2. The largest absolute Gasteiger partial charge is 0.399 e. The smallest absolute Gasteiger partial charge is 0.242 e. The SMILES string of the molecule is CNC(=O)C1CCCN1c1ncnc2ccc(N)cc12. The molecule has 2 heterocycles. The Morgan fingerprint density at radius 3 is 3.10 bits per heavy atom.